The zero-order chi connectivity index (χ0) is 17.1. The Balaban J connectivity index is 1.84. The summed E-state index contributed by atoms with van der Waals surface area (Å²) in [4.78, 5) is 14.0. The van der Waals surface area contributed by atoms with Gasteiger partial charge in [-0.15, -0.1) is 0 Å². The zero-order valence-electron chi connectivity index (χ0n) is 13.0. The van der Waals surface area contributed by atoms with Crippen molar-refractivity contribution in [2.45, 2.75) is 6.92 Å². The normalized spacial score (nSPS) is 15.8. The molecule has 0 aliphatic carbocycles. The summed E-state index contributed by atoms with van der Waals surface area (Å²) in [7, 11) is 0. The number of benzene rings is 2. The van der Waals surface area contributed by atoms with Crippen molar-refractivity contribution in [3.8, 4) is 5.75 Å². The summed E-state index contributed by atoms with van der Waals surface area (Å²) in [5.74, 6) is 0.150. The summed E-state index contributed by atoms with van der Waals surface area (Å²) in [6.07, 6.45) is 1.64. The van der Waals surface area contributed by atoms with Crippen molar-refractivity contribution in [3.05, 3.63) is 65.6 Å². The van der Waals surface area contributed by atoms with E-state index in [0.29, 0.717) is 28.7 Å². The second kappa shape index (κ2) is 6.80. The largest absolute Gasteiger partial charge is 0.494 e. The number of nitrogens with zero attached hydrogens (tertiary/aromatic N) is 1. The van der Waals surface area contributed by atoms with Gasteiger partial charge in [0.1, 0.15) is 17.3 Å². The Morgan fingerprint density at radius 1 is 1.17 bits per heavy atom. The van der Waals surface area contributed by atoms with Crippen LogP contribution < -0.4 is 15.0 Å². The van der Waals surface area contributed by atoms with Crippen LogP contribution in [0.15, 0.2) is 54.2 Å². The fourth-order valence-electron chi connectivity index (χ4n) is 2.35. The topological polar surface area (TPSA) is 41.6 Å². The van der Waals surface area contributed by atoms with Crippen molar-refractivity contribution in [2.24, 2.45) is 0 Å². The minimum absolute atomic E-state index is 0.256. The van der Waals surface area contributed by atoms with Gasteiger partial charge >= 0.3 is 0 Å². The predicted octanol–water partition coefficient (Wildman–Crippen LogP) is 3.49. The Hall–Kier alpha value is -2.73. The highest BCUT2D eigenvalue weighted by Crippen LogP contribution is 2.25. The van der Waals surface area contributed by atoms with Crippen LogP contribution in [0.1, 0.15) is 12.5 Å². The van der Waals surface area contributed by atoms with Crippen molar-refractivity contribution in [1.29, 1.82) is 0 Å². The molecule has 0 radical (unpaired) electrons. The molecular formula is C18H15FN2O2S. The molecule has 1 N–H and O–H groups in total. The zero-order valence-corrected chi connectivity index (χ0v) is 13.8. The molecule has 1 heterocycles. The molecule has 122 valence electrons. The summed E-state index contributed by atoms with van der Waals surface area (Å²) in [5, 5.41) is 3.20. The van der Waals surface area contributed by atoms with Crippen molar-refractivity contribution in [3.63, 3.8) is 0 Å². The van der Waals surface area contributed by atoms with Gasteiger partial charge in [0.05, 0.1) is 12.3 Å². The second-order valence-electron chi connectivity index (χ2n) is 5.11. The van der Waals surface area contributed by atoms with Gasteiger partial charge < -0.3 is 10.1 Å². The first-order chi connectivity index (χ1) is 11.6. The summed E-state index contributed by atoms with van der Waals surface area (Å²) in [6.45, 7) is 2.48. The molecular weight excluding hydrogens is 327 g/mol. The molecule has 4 nitrogen and oxygen atoms in total. The highest BCUT2D eigenvalue weighted by Gasteiger charge is 2.31. The third-order valence-corrected chi connectivity index (χ3v) is 3.75. The van der Waals surface area contributed by atoms with E-state index < -0.39 is 0 Å². The van der Waals surface area contributed by atoms with Gasteiger partial charge in [0, 0.05) is 0 Å². The molecule has 2 aromatic carbocycles. The van der Waals surface area contributed by atoms with Gasteiger partial charge in [-0.3, -0.25) is 9.69 Å². The van der Waals surface area contributed by atoms with Gasteiger partial charge in [-0.25, -0.2) is 4.39 Å². The minimum atomic E-state index is -0.325. The van der Waals surface area contributed by atoms with E-state index in [1.54, 1.807) is 42.5 Å². The number of halogens is 1. The SMILES string of the molecule is CCOc1ccc(N2C(=O)C(=Cc3ccc(F)cc3)NC2=S)cc1. The Labute approximate surface area is 144 Å². The van der Waals surface area contributed by atoms with Crippen molar-refractivity contribution in [1.82, 2.24) is 5.32 Å². The van der Waals surface area contributed by atoms with Gasteiger partial charge in [-0.1, -0.05) is 12.1 Å². The van der Waals surface area contributed by atoms with E-state index in [4.69, 9.17) is 17.0 Å². The van der Waals surface area contributed by atoms with E-state index in [-0.39, 0.29) is 11.7 Å². The van der Waals surface area contributed by atoms with Gasteiger partial charge in [-0.05, 0) is 67.2 Å². The molecule has 0 aromatic heterocycles. The predicted molar refractivity (Wildman–Crippen MR) is 95.2 cm³/mol. The van der Waals surface area contributed by atoms with Crippen LogP contribution in [0, 0.1) is 5.82 Å². The van der Waals surface area contributed by atoms with Gasteiger partial charge in [0.2, 0.25) is 0 Å². The van der Waals surface area contributed by atoms with Crippen LogP contribution in [-0.4, -0.2) is 17.6 Å². The standard InChI is InChI=1S/C18H15FN2O2S/c1-2-23-15-9-7-14(8-10-15)21-17(22)16(20-18(21)24)11-12-3-5-13(19)6-4-12/h3-11H,2H2,1H3,(H,20,24). The van der Waals surface area contributed by atoms with E-state index in [1.165, 1.54) is 17.0 Å². The Morgan fingerprint density at radius 3 is 2.46 bits per heavy atom. The molecule has 3 rings (SSSR count). The third kappa shape index (κ3) is 3.28. The average Bonchev–Trinajstić information content (AvgIpc) is 2.85. The van der Waals surface area contributed by atoms with Crippen molar-refractivity contribution >= 4 is 35.0 Å². The number of carbonyl (C=O) groups is 1. The lowest BCUT2D eigenvalue weighted by molar-refractivity contribution is -0.113. The minimum Gasteiger partial charge on any atom is -0.494 e. The maximum atomic E-state index is 13.0. The van der Waals surface area contributed by atoms with E-state index in [9.17, 15) is 9.18 Å². The monoisotopic (exact) mass is 342 g/mol. The quantitative estimate of drug-likeness (QED) is 0.682. The molecule has 0 saturated carbocycles. The number of nitrogens with one attached hydrogen (secondary N) is 1. The number of ether oxygens (including phenoxy) is 1. The lowest BCUT2D eigenvalue weighted by Gasteiger charge is -2.14. The fourth-order valence-corrected chi connectivity index (χ4v) is 2.65. The molecule has 0 atom stereocenters. The first-order valence-corrected chi connectivity index (χ1v) is 7.85. The highest BCUT2D eigenvalue weighted by molar-refractivity contribution is 7.80. The molecule has 0 bridgehead atoms. The van der Waals surface area contributed by atoms with Crippen LogP contribution in [0.5, 0.6) is 5.75 Å². The Kier molecular flexibility index (Phi) is 4.57. The Bertz CT molecular complexity index is 801. The smallest absolute Gasteiger partial charge is 0.281 e. The number of anilines is 1. The van der Waals surface area contributed by atoms with Crippen LogP contribution in [0.4, 0.5) is 10.1 Å². The van der Waals surface area contributed by atoms with Gasteiger partial charge in [-0.2, -0.15) is 0 Å². The molecule has 1 amide bonds. The van der Waals surface area contributed by atoms with Crippen molar-refractivity contribution < 1.29 is 13.9 Å². The molecule has 6 heteroatoms. The Morgan fingerprint density at radius 2 is 1.83 bits per heavy atom. The van der Waals surface area contributed by atoms with E-state index in [1.807, 2.05) is 6.92 Å². The second-order valence-corrected chi connectivity index (χ2v) is 5.49. The fraction of sp³-hybridized carbons (Fsp3) is 0.111. The molecule has 0 unspecified atom stereocenters. The molecule has 1 saturated heterocycles. The van der Waals surface area contributed by atoms with Crippen molar-refractivity contribution in [2.75, 3.05) is 11.5 Å². The van der Waals surface area contributed by atoms with Crippen LogP contribution in [0.25, 0.3) is 6.08 Å². The molecule has 1 aliphatic rings. The maximum Gasteiger partial charge on any atom is 0.281 e. The lowest BCUT2D eigenvalue weighted by Crippen LogP contribution is -2.30. The number of hydrogen-bond donors (Lipinski definition) is 1. The van der Waals surface area contributed by atoms with E-state index in [0.717, 1.165) is 5.75 Å². The number of rotatable bonds is 4. The summed E-state index contributed by atoms with van der Waals surface area (Å²) in [6, 6.07) is 13.0. The first-order valence-electron chi connectivity index (χ1n) is 7.44. The number of amides is 1. The summed E-state index contributed by atoms with van der Waals surface area (Å²) >= 11 is 5.26. The highest BCUT2D eigenvalue weighted by atomic mass is 32.1. The summed E-state index contributed by atoms with van der Waals surface area (Å²) < 4.78 is 18.4. The molecule has 0 spiro atoms. The van der Waals surface area contributed by atoms with Crippen LogP contribution in [0.2, 0.25) is 0 Å². The molecule has 1 fully saturated rings. The third-order valence-electron chi connectivity index (χ3n) is 3.47. The van der Waals surface area contributed by atoms with E-state index in [2.05, 4.69) is 5.32 Å². The van der Waals surface area contributed by atoms with Gasteiger partial charge in [0.25, 0.3) is 5.91 Å². The number of hydrogen-bond acceptors (Lipinski definition) is 3. The number of carbonyl (C=O) groups excluding carboxylic acids is 1. The first kappa shape index (κ1) is 16.1. The van der Waals surface area contributed by atoms with Crippen LogP contribution in [-0.2, 0) is 4.79 Å². The van der Waals surface area contributed by atoms with Crippen LogP contribution >= 0.6 is 12.2 Å². The molecule has 2 aromatic rings. The molecule has 24 heavy (non-hydrogen) atoms. The summed E-state index contributed by atoms with van der Waals surface area (Å²) in [5.41, 5.74) is 1.72. The molecule has 1 aliphatic heterocycles. The number of thiocarbonyl (C=S) groups is 1. The maximum absolute atomic E-state index is 13.0. The lowest BCUT2D eigenvalue weighted by atomic mass is 10.2. The van der Waals surface area contributed by atoms with E-state index >= 15 is 0 Å². The van der Waals surface area contributed by atoms with Crippen LogP contribution in [0.3, 0.4) is 0 Å². The average molecular weight is 342 g/mol. The van der Waals surface area contributed by atoms with Gasteiger partial charge in [0.15, 0.2) is 5.11 Å².